The first-order valence-electron chi connectivity index (χ1n) is 18.7. The van der Waals surface area contributed by atoms with Gasteiger partial charge in [-0.3, -0.25) is 0 Å². The topological polar surface area (TPSA) is 0 Å². The number of aryl methyl sites for hydroxylation is 6. The van der Waals surface area contributed by atoms with Crippen molar-refractivity contribution in [2.45, 2.75) is 38.5 Å². The van der Waals surface area contributed by atoms with Crippen LogP contribution in [0.4, 0.5) is 0 Å². The molecule has 0 saturated carbocycles. The van der Waals surface area contributed by atoms with Crippen LogP contribution in [0.2, 0.25) is 0 Å². The lowest BCUT2D eigenvalue weighted by Crippen LogP contribution is -1.92. The summed E-state index contributed by atoms with van der Waals surface area (Å²) in [6.07, 6.45) is 17.7. The van der Waals surface area contributed by atoms with Gasteiger partial charge in [0.15, 0.2) is 0 Å². The van der Waals surface area contributed by atoms with Gasteiger partial charge in [0, 0.05) is 0 Å². The Kier molecular flexibility index (Phi) is 17.0. The van der Waals surface area contributed by atoms with Gasteiger partial charge in [-0.25, -0.2) is 0 Å². The normalized spacial score (nSPS) is 10.0. The molecule has 270 valence electrons. The van der Waals surface area contributed by atoms with Crippen LogP contribution in [0.15, 0.2) is 185 Å². The molecule has 0 radical (unpaired) electrons. The molecule has 0 aliphatic rings. The minimum absolute atomic E-state index is 1.06. The minimum Gasteiger partial charge on any atom is -0.0985 e. The molecule has 0 bridgehead atoms. The van der Waals surface area contributed by atoms with E-state index in [0.717, 1.165) is 38.5 Å². The monoisotopic (exact) mass is 702 g/mol. The third-order valence-electron chi connectivity index (χ3n) is 9.31. The molecule has 54 heavy (non-hydrogen) atoms. The molecule has 0 heteroatoms. The summed E-state index contributed by atoms with van der Waals surface area (Å²) < 4.78 is 0. The number of rotatable bonds is 15. The van der Waals surface area contributed by atoms with E-state index in [1.54, 1.807) is 0 Å². The van der Waals surface area contributed by atoms with Crippen LogP contribution >= 0.6 is 0 Å². The highest BCUT2D eigenvalue weighted by molar-refractivity contribution is 5.51. The number of hydrogen-bond donors (Lipinski definition) is 0. The van der Waals surface area contributed by atoms with Crippen molar-refractivity contribution in [3.8, 4) is 0 Å². The van der Waals surface area contributed by atoms with Crippen molar-refractivity contribution in [3.63, 3.8) is 0 Å². The molecule has 0 atom stereocenters. The van der Waals surface area contributed by atoms with Crippen LogP contribution in [-0.2, 0) is 38.5 Å². The molecule has 0 aliphatic heterocycles. The van der Waals surface area contributed by atoms with E-state index in [2.05, 4.69) is 185 Å². The zero-order valence-electron chi connectivity index (χ0n) is 31.8. The van der Waals surface area contributed by atoms with Gasteiger partial charge in [0.2, 0.25) is 0 Å². The van der Waals surface area contributed by atoms with Crippen molar-refractivity contribution in [1.82, 2.24) is 0 Å². The van der Waals surface area contributed by atoms with Gasteiger partial charge in [-0.05, 0) is 105 Å². The van der Waals surface area contributed by atoms with E-state index in [9.17, 15) is 0 Å². The highest BCUT2D eigenvalue weighted by Gasteiger charge is 2.00. The summed E-state index contributed by atoms with van der Waals surface area (Å²) in [5.41, 5.74) is 15.3. The molecule has 0 unspecified atom stereocenters. The second-order valence-electron chi connectivity index (χ2n) is 13.2. The zero-order chi connectivity index (χ0) is 38.4. The largest absolute Gasteiger partial charge is 0.0985 e. The van der Waals surface area contributed by atoms with Crippen LogP contribution in [0.1, 0.15) is 66.8 Å². The smallest absolute Gasteiger partial charge is 0.0238 e. The molecule has 0 amide bonds. The first-order valence-corrected chi connectivity index (χ1v) is 18.7. The van der Waals surface area contributed by atoms with Gasteiger partial charge in [-0.1, -0.05) is 222 Å². The Morgan fingerprint density at radius 1 is 0.241 bits per heavy atom. The Bertz CT molecular complexity index is 1980. The fourth-order valence-corrected chi connectivity index (χ4v) is 5.95. The first-order chi connectivity index (χ1) is 26.4. The molecule has 0 spiro atoms. The van der Waals surface area contributed by atoms with E-state index in [0.29, 0.717) is 0 Å². The lowest BCUT2D eigenvalue weighted by atomic mass is 10.0. The summed E-state index contributed by atoms with van der Waals surface area (Å²) in [6.45, 7) is 22.7. The van der Waals surface area contributed by atoms with E-state index in [4.69, 9.17) is 0 Å². The van der Waals surface area contributed by atoms with Gasteiger partial charge in [0.05, 0.1) is 0 Å². The SMILES string of the molecule is C=Cc1ccc(CCc2ccc(C=C)cc2)cc1.C=Cc1ccc(CCc2cccc(C=C)c2)cc1.C=Cc1cccc(CCc2cccc(C=C)c2)c1. The summed E-state index contributed by atoms with van der Waals surface area (Å²) in [6, 6.07) is 51.4. The van der Waals surface area contributed by atoms with Gasteiger partial charge in [-0.2, -0.15) is 0 Å². The highest BCUT2D eigenvalue weighted by atomic mass is 14.0. The molecule has 0 saturated heterocycles. The first kappa shape index (κ1) is 40.5. The van der Waals surface area contributed by atoms with Gasteiger partial charge >= 0.3 is 0 Å². The Hall–Kier alpha value is -6.24. The lowest BCUT2D eigenvalue weighted by molar-refractivity contribution is 0.959. The van der Waals surface area contributed by atoms with E-state index in [1.165, 1.54) is 66.8 Å². The van der Waals surface area contributed by atoms with Crippen LogP contribution < -0.4 is 0 Å². The second-order valence-corrected chi connectivity index (χ2v) is 13.2. The molecule has 0 nitrogen and oxygen atoms in total. The van der Waals surface area contributed by atoms with Gasteiger partial charge in [0.25, 0.3) is 0 Å². The Morgan fingerprint density at radius 3 is 0.685 bits per heavy atom. The molecular weight excluding hydrogens is 649 g/mol. The maximum absolute atomic E-state index is 3.80. The Morgan fingerprint density at radius 2 is 0.463 bits per heavy atom. The molecule has 6 aromatic rings. The fourth-order valence-electron chi connectivity index (χ4n) is 5.95. The van der Waals surface area contributed by atoms with Crippen LogP contribution in [0.25, 0.3) is 36.5 Å². The number of hydrogen-bond acceptors (Lipinski definition) is 0. The molecule has 0 aromatic heterocycles. The maximum atomic E-state index is 3.80. The van der Waals surface area contributed by atoms with Crippen molar-refractivity contribution >= 4 is 36.5 Å². The predicted molar refractivity (Wildman–Crippen MR) is 241 cm³/mol. The Labute approximate surface area is 325 Å². The molecule has 0 fully saturated rings. The van der Waals surface area contributed by atoms with Crippen LogP contribution in [0.5, 0.6) is 0 Å². The van der Waals surface area contributed by atoms with Crippen molar-refractivity contribution in [1.29, 1.82) is 0 Å². The number of benzene rings is 6. The molecule has 6 rings (SSSR count). The quantitative estimate of drug-likeness (QED) is 0.0999. The zero-order valence-corrected chi connectivity index (χ0v) is 31.8. The minimum atomic E-state index is 1.06. The molecule has 6 aromatic carbocycles. The second kappa shape index (κ2) is 22.6. The van der Waals surface area contributed by atoms with Crippen molar-refractivity contribution < 1.29 is 0 Å². The van der Waals surface area contributed by atoms with Gasteiger partial charge < -0.3 is 0 Å². The van der Waals surface area contributed by atoms with E-state index in [1.807, 2.05) is 36.5 Å². The van der Waals surface area contributed by atoms with Crippen LogP contribution in [0, 0.1) is 0 Å². The van der Waals surface area contributed by atoms with Crippen LogP contribution in [-0.4, -0.2) is 0 Å². The average Bonchev–Trinajstić information content (AvgIpc) is 3.25. The van der Waals surface area contributed by atoms with E-state index >= 15 is 0 Å². The third-order valence-corrected chi connectivity index (χ3v) is 9.31. The molecular formula is C54H54. The Balaban J connectivity index is 0.000000180. The lowest BCUT2D eigenvalue weighted by Gasteiger charge is -2.04. The van der Waals surface area contributed by atoms with Crippen LogP contribution in [0.3, 0.4) is 0 Å². The van der Waals surface area contributed by atoms with Crippen molar-refractivity contribution in [2.75, 3.05) is 0 Å². The molecule has 0 heterocycles. The van der Waals surface area contributed by atoms with Gasteiger partial charge in [0.1, 0.15) is 0 Å². The fraction of sp³-hybridized carbons (Fsp3) is 0.111. The van der Waals surface area contributed by atoms with Gasteiger partial charge in [-0.15, -0.1) is 0 Å². The van der Waals surface area contributed by atoms with E-state index in [-0.39, 0.29) is 0 Å². The molecule has 0 N–H and O–H groups in total. The summed E-state index contributed by atoms with van der Waals surface area (Å²) in [5.74, 6) is 0. The summed E-state index contributed by atoms with van der Waals surface area (Å²) >= 11 is 0. The van der Waals surface area contributed by atoms with Crippen molar-refractivity contribution in [2.24, 2.45) is 0 Å². The highest BCUT2D eigenvalue weighted by Crippen LogP contribution is 2.15. The maximum Gasteiger partial charge on any atom is -0.0238 e. The summed E-state index contributed by atoms with van der Waals surface area (Å²) in [4.78, 5) is 0. The average molecular weight is 703 g/mol. The third kappa shape index (κ3) is 14.1. The summed E-state index contributed by atoms with van der Waals surface area (Å²) in [5, 5.41) is 0. The van der Waals surface area contributed by atoms with Crippen molar-refractivity contribution in [3.05, 3.63) is 252 Å². The summed E-state index contributed by atoms with van der Waals surface area (Å²) in [7, 11) is 0. The molecule has 0 aliphatic carbocycles. The standard InChI is InChI=1S/3C18H18/c1-3-15-5-9-17(10-6-15)13-14-18-11-7-16(4-2)8-12-18;1-3-15-7-5-9-17(13-15)11-12-18-10-6-8-16(4-2)14-18;1-3-15-8-10-17(11-9-15)12-13-18-7-5-6-16(4-2)14-18/h3-12H,1-2,13-14H2;3-10,13-14H,1-2,11-12H2;3-11,14H,1-2,12-13H2. The van der Waals surface area contributed by atoms with E-state index < -0.39 is 0 Å². The predicted octanol–water partition coefficient (Wildman–Crippen LogP) is 14.3.